The van der Waals surface area contributed by atoms with Gasteiger partial charge in [0.05, 0.1) is 4.47 Å². The Hall–Kier alpha value is -1.61. The number of carbonyl (C=O) groups is 1. The van der Waals surface area contributed by atoms with Crippen molar-refractivity contribution in [2.24, 2.45) is 0 Å². The molecular weight excluding hydrogens is 280 g/mol. The average Bonchev–Trinajstić information content (AvgIpc) is 2.38. The van der Waals surface area contributed by atoms with E-state index in [4.69, 9.17) is 4.74 Å². The van der Waals surface area contributed by atoms with Gasteiger partial charge in [-0.2, -0.15) is 0 Å². The Morgan fingerprint density at radius 3 is 2.35 bits per heavy atom. The van der Waals surface area contributed by atoms with Crippen molar-refractivity contribution in [2.45, 2.75) is 0 Å². The second-order valence-corrected chi connectivity index (χ2v) is 4.36. The van der Waals surface area contributed by atoms with Crippen molar-refractivity contribution < 1.29 is 9.53 Å². The summed E-state index contributed by atoms with van der Waals surface area (Å²) < 4.78 is 6.30. The number of Topliss-reactive ketones (excluding diaryl/α,β-unsaturated/α-hetero) is 1. The Balaban J connectivity index is 2.00. The van der Waals surface area contributed by atoms with Crippen molar-refractivity contribution in [3.63, 3.8) is 0 Å². The molecule has 2 nitrogen and oxygen atoms in total. The van der Waals surface area contributed by atoms with Crippen LogP contribution in [-0.2, 0) is 0 Å². The van der Waals surface area contributed by atoms with Gasteiger partial charge in [0.25, 0.3) is 0 Å². The maximum Gasteiger partial charge on any atom is 0.200 e. The van der Waals surface area contributed by atoms with E-state index >= 15 is 0 Å². The first-order valence-corrected chi connectivity index (χ1v) is 6.02. The number of rotatable bonds is 4. The summed E-state index contributed by atoms with van der Waals surface area (Å²) in [5.41, 5.74) is 0.666. The van der Waals surface area contributed by atoms with Crippen LogP contribution in [0.1, 0.15) is 10.4 Å². The minimum Gasteiger partial charge on any atom is -0.484 e. The first-order chi connectivity index (χ1) is 8.27. The Morgan fingerprint density at radius 1 is 1.00 bits per heavy atom. The highest BCUT2D eigenvalue weighted by Crippen LogP contribution is 2.23. The van der Waals surface area contributed by atoms with Crippen molar-refractivity contribution in [2.75, 3.05) is 6.61 Å². The Morgan fingerprint density at radius 2 is 1.65 bits per heavy atom. The number of ether oxygens (including phenoxy) is 1. The molecule has 0 heterocycles. The number of para-hydroxylation sites is 1. The van der Waals surface area contributed by atoms with Crippen LogP contribution in [0.5, 0.6) is 5.75 Å². The van der Waals surface area contributed by atoms with Gasteiger partial charge in [-0.3, -0.25) is 4.79 Å². The molecule has 2 aromatic rings. The molecule has 17 heavy (non-hydrogen) atoms. The molecule has 0 aliphatic heterocycles. The minimum absolute atomic E-state index is 0.0265. The highest BCUT2D eigenvalue weighted by atomic mass is 79.9. The van der Waals surface area contributed by atoms with E-state index in [1.165, 1.54) is 0 Å². The number of hydrogen-bond donors (Lipinski definition) is 0. The molecule has 0 radical (unpaired) electrons. The molecule has 0 fully saturated rings. The van der Waals surface area contributed by atoms with E-state index in [2.05, 4.69) is 15.9 Å². The van der Waals surface area contributed by atoms with Gasteiger partial charge in [-0.05, 0) is 28.1 Å². The number of ketones is 1. The van der Waals surface area contributed by atoms with Gasteiger partial charge in [0.2, 0.25) is 0 Å². The van der Waals surface area contributed by atoms with Gasteiger partial charge < -0.3 is 4.74 Å². The van der Waals surface area contributed by atoms with Crippen molar-refractivity contribution >= 4 is 21.7 Å². The summed E-state index contributed by atoms with van der Waals surface area (Å²) in [5.74, 6) is 0.651. The first-order valence-electron chi connectivity index (χ1n) is 5.23. The molecule has 0 spiro atoms. The van der Waals surface area contributed by atoms with E-state index in [-0.39, 0.29) is 12.4 Å². The molecule has 0 aliphatic carbocycles. The number of halogens is 1. The van der Waals surface area contributed by atoms with E-state index in [1.807, 2.05) is 42.5 Å². The van der Waals surface area contributed by atoms with Crippen molar-refractivity contribution in [1.82, 2.24) is 0 Å². The van der Waals surface area contributed by atoms with Crippen LogP contribution in [0, 0.1) is 0 Å². The fourth-order valence-electron chi connectivity index (χ4n) is 1.41. The van der Waals surface area contributed by atoms with Crippen molar-refractivity contribution in [3.8, 4) is 5.75 Å². The van der Waals surface area contributed by atoms with Crippen LogP contribution in [0.2, 0.25) is 0 Å². The van der Waals surface area contributed by atoms with Crippen LogP contribution in [-0.4, -0.2) is 12.4 Å². The van der Waals surface area contributed by atoms with Gasteiger partial charge in [0.1, 0.15) is 5.75 Å². The molecule has 0 aromatic heterocycles. The highest BCUT2D eigenvalue weighted by molar-refractivity contribution is 9.10. The van der Waals surface area contributed by atoms with Crippen LogP contribution >= 0.6 is 15.9 Å². The Labute approximate surface area is 108 Å². The average molecular weight is 291 g/mol. The lowest BCUT2D eigenvalue weighted by atomic mass is 10.1. The topological polar surface area (TPSA) is 26.3 Å². The Bertz CT molecular complexity index is 509. The number of carbonyl (C=O) groups excluding carboxylic acids is 1. The summed E-state index contributed by atoms with van der Waals surface area (Å²) in [6.45, 7) is 0.0482. The largest absolute Gasteiger partial charge is 0.484 e. The highest BCUT2D eigenvalue weighted by Gasteiger charge is 2.07. The Kier molecular flexibility index (Phi) is 3.94. The third kappa shape index (κ3) is 3.17. The lowest BCUT2D eigenvalue weighted by molar-refractivity contribution is 0.0921. The normalized spacial score (nSPS) is 9.94. The monoisotopic (exact) mass is 290 g/mol. The van der Waals surface area contributed by atoms with Gasteiger partial charge in [-0.25, -0.2) is 0 Å². The molecule has 0 saturated carbocycles. The molecule has 0 unspecified atom stereocenters. The van der Waals surface area contributed by atoms with Crippen LogP contribution < -0.4 is 4.74 Å². The van der Waals surface area contributed by atoms with E-state index < -0.39 is 0 Å². The summed E-state index contributed by atoms with van der Waals surface area (Å²) in [7, 11) is 0. The van der Waals surface area contributed by atoms with Gasteiger partial charge in [-0.1, -0.05) is 42.5 Å². The zero-order valence-electron chi connectivity index (χ0n) is 9.10. The summed E-state index contributed by atoms with van der Waals surface area (Å²) >= 11 is 3.37. The van der Waals surface area contributed by atoms with Crippen molar-refractivity contribution in [3.05, 3.63) is 64.6 Å². The molecule has 0 aliphatic rings. The zero-order valence-corrected chi connectivity index (χ0v) is 10.7. The van der Waals surface area contributed by atoms with E-state index in [0.717, 1.165) is 4.47 Å². The molecule has 2 rings (SSSR count). The van der Waals surface area contributed by atoms with Crippen LogP contribution in [0.25, 0.3) is 0 Å². The van der Waals surface area contributed by atoms with E-state index in [9.17, 15) is 4.79 Å². The quantitative estimate of drug-likeness (QED) is 0.803. The van der Waals surface area contributed by atoms with E-state index in [0.29, 0.717) is 11.3 Å². The van der Waals surface area contributed by atoms with Gasteiger partial charge in [0, 0.05) is 5.56 Å². The van der Waals surface area contributed by atoms with Crippen LogP contribution in [0.3, 0.4) is 0 Å². The molecule has 3 heteroatoms. The molecule has 0 N–H and O–H groups in total. The van der Waals surface area contributed by atoms with E-state index in [1.54, 1.807) is 12.1 Å². The van der Waals surface area contributed by atoms with Gasteiger partial charge >= 0.3 is 0 Å². The lowest BCUT2D eigenvalue weighted by Gasteiger charge is -2.06. The SMILES string of the molecule is O=C(COc1ccccc1Br)c1ccccc1. The lowest BCUT2D eigenvalue weighted by Crippen LogP contribution is -2.11. The third-order valence-corrected chi connectivity index (χ3v) is 2.95. The second kappa shape index (κ2) is 5.64. The summed E-state index contributed by atoms with van der Waals surface area (Å²) in [4.78, 5) is 11.8. The smallest absolute Gasteiger partial charge is 0.200 e. The zero-order chi connectivity index (χ0) is 12.1. The molecule has 2 aromatic carbocycles. The predicted octanol–water partition coefficient (Wildman–Crippen LogP) is 3.71. The molecule has 0 amide bonds. The number of benzene rings is 2. The van der Waals surface area contributed by atoms with Crippen molar-refractivity contribution in [1.29, 1.82) is 0 Å². The summed E-state index contributed by atoms with van der Waals surface area (Å²) in [5, 5.41) is 0. The van der Waals surface area contributed by atoms with Gasteiger partial charge in [-0.15, -0.1) is 0 Å². The molecule has 0 atom stereocenters. The molecule has 0 bridgehead atoms. The maximum atomic E-state index is 11.8. The predicted molar refractivity (Wildman–Crippen MR) is 70.4 cm³/mol. The molecular formula is C14H11BrO2. The second-order valence-electron chi connectivity index (χ2n) is 3.51. The third-order valence-electron chi connectivity index (χ3n) is 2.29. The standard InChI is InChI=1S/C14H11BrO2/c15-12-8-4-5-9-14(12)17-10-13(16)11-6-2-1-3-7-11/h1-9H,10H2. The summed E-state index contributed by atoms with van der Waals surface area (Å²) in [6.07, 6.45) is 0. The first kappa shape index (κ1) is 11.9. The molecule has 0 saturated heterocycles. The maximum absolute atomic E-state index is 11.8. The molecule has 86 valence electrons. The van der Waals surface area contributed by atoms with Crippen LogP contribution in [0.15, 0.2) is 59.1 Å². The minimum atomic E-state index is -0.0265. The van der Waals surface area contributed by atoms with Crippen LogP contribution in [0.4, 0.5) is 0 Å². The number of hydrogen-bond acceptors (Lipinski definition) is 2. The fourth-order valence-corrected chi connectivity index (χ4v) is 1.81. The fraction of sp³-hybridized carbons (Fsp3) is 0.0714. The van der Waals surface area contributed by atoms with Gasteiger partial charge in [0.15, 0.2) is 12.4 Å². The summed E-state index contributed by atoms with van der Waals surface area (Å²) in [6, 6.07) is 16.6.